The number of ether oxygens (including phenoxy) is 2. The first-order chi connectivity index (χ1) is 13.2. The van der Waals surface area contributed by atoms with Crippen molar-refractivity contribution in [1.29, 1.82) is 0 Å². The lowest BCUT2D eigenvalue weighted by Crippen LogP contribution is -2.32. The number of carbonyl (C=O) groups is 1. The predicted molar refractivity (Wildman–Crippen MR) is 107 cm³/mol. The van der Waals surface area contributed by atoms with E-state index >= 15 is 0 Å². The maximum atomic E-state index is 12.2. The molecular weight excluding hydrogens is 340 g/mol. The van der Waals surface area contributed by atoms with E-state index in [9.17, 15) is 4.79 Å². The fraction of sp³-hybridized carbons (Fsp3) is 0.136. The smallest absolute Gasteiger partial charge is 0.319 e. The Morgan fingerprint density at radius 2 is 1.52 bits per heavy atom. The topological polar surface area (TPSA) is 59.6 Å². The van der Waals surface area contributed by atoms with E-state index in [0.717, 1.165) is 11.3 Å². The summed E-state index contributed by atoms with van der Waals surface area (Å²) in [6.07, 6.45) is 0. The number of hydrogen-bond donors (Lipinski definition) is 2. The molecule has 3 aromatic rings. The number of benzene rings is 3. The Hall–Kier alpha value is -3.47. The second kappa shape index (κ2) is 9.29. The lowest BCUT2D eigenvalue weighted by molar-refractivity contribution is 0.247. The third-order valence-corrected chi connectivity index (χ3v) is 3.85. The van der Waals surface area contributed by atoms with Crippen LogP contribution in [0, 0.1) is 6.92 Å². The van der Waals surface area contributed by atoms with Gasteiger partial charge in [0.05, 0.1) is 12.2 Å². The van der Waals surface area contributed by atoms with Crippen molar-refractivity contribution in [2.45, 2.75) is 6.92 Å². The summed E-state index contributed by atoms with van der Waals surface area (Å²) in [5.41, 5.74) is 1.66. The Balaban J connectivity index is 1.50. The van der Waals surface area contributed by atoms with Gasteiger partial charge in [-0.3, -0.25) is 0 Å². The van der Waals surface area contributed by atoms with Crippen LogP contribution in [0.15, 0.2) is 78.9 Å². The summed E-state index contributed by atoms with van der Waals surface area (Å²) in [6.45, 7) is 2.77. The molecule has 0 bridgehead atoms. The van der Waals surface area contributed by atoms with Crippen LogP contribution >= 0.6 is 0 Å². The van der Waals surface area contributed by atoms with E-state index in [-0.39, 0.29) is 6.03 Å². The number of carbonyl (C=O) groups excluding carboxylic acids is 1. The van der Waals surface area contributed by atoms with E-state index in [4.69, 9.17) is 9.47 Å². The van der Waals surface area contributed by atoms with E-state index in [2.05, 4.69) is 10.6 Å². The zero-order valence-electron chi connectivity index (χ0n) is 15.1. The molecule has 5 nitrogen and oxygen atoms in total. The van der Waals surface area contributed by atoms with Gasteiger partial charge < -0.3 is 20.1 Å². The van der Waals surface area contributed by atoms with Gasteiger partial charge >= 0.3 is 6.03 Å². The highest BCUT2D eigenvalue weighted by molar-refractivity contribution is 5.90. The predicted octanol–water partition coefficient (Wildman–Crippen LogP) is 4.99. The number of urea groups is 1. The quantitative estimate of drug-likeness (QED) is 0.582. The second-order valence-corrected chi connectivity index (χ2v) is 5.91. The third-order valence-electron chi connectivity index (χ3n) is 3.85. The van der Waals surface area contributed by atoms with Crippen molar-refractivity contribution in [3.63, 3.8) is 0 Å². The summed E-state index contributed by atoms with van der Waals surface area (Å²) in [7, 11) is 0. The van der Waals surface area contributed by atoms with Gasteiger partial charge in [0.15, 0.2) is 5.75 Å². The minimum absolute atomic E-state index is 0.313. The molecule has 0 radical (unpaired) electrons. The number of para-hydroxylation sites is 4. The maximum absolute atomic E-state index is 12.2. The minimum Gasteiger partial charge on any atom is -0.491 e. The molecule has 0 heterocycles. The average molecular weight is 362 g/mol. The number of anilines is 1. The molecule has 138 valence electrons. The van der Waals surface area contributed by atoms with Gasteiger partial charge in [0, 0.05) is 0 Å². The van der Waals surface area contributed by atoms with Gasteiger partial charge in [0.1, 0.15) is 18.1 Å². The first-order valence-electron chi connectivity index (χ1n) is 8.77. The number of hydrogen-bond acceptors (Lipinski definition) is 3. The maximum Gasteiger partial charge on any atom is 0.319 e. The summed E-state index contributed by atoms with van der Waals surface area (Å²) in [5.74, 6) is 2.11. The Morgan fingerprint density at radius 3 is 2.30 bits per heavy atom. The molecule has 5 heteroatoms. The van der Waals surface area contributed by atoms with Crippen molar-refractivity contribution in [1.82, 2.24) is 5.32 Å². The molecular formula is C22H22N2O3. The number of amides is 2. The van der Waals surface area contributed by atoms with Crippen LogP contribution in [0.4, 0.5) is 10.5 Å². The molecule has 2 N–H and O–H groups in total. The van der Waals surface area contributed by atoms with Gasteiger partial charge in [-0.05, 0) is 42.8 Å². The van der Waals surface area contributed by atoms with Crippen molar-refractivity contribution in [2.24, 2.45) is 0 Å². The van der Waals surface area contributed by atoms with Crippen LogP contribution < -0.4 is 20.1 Å². The van der Waals surface area contributed by atoms with Crippen LogP contribution in [0.2, 0.25) is 0 Å². The van der Waals surface area contributed by atoms with E-state index in [1.807, 2.05) is 79.7 Å². The molecule has 0 aliphatic carbocycles. The summed E-state index contributed by atoms with van der Waals surface area (Å²) < 4.78 is 11.5. The van der Waals surface area contributed by atoms with Crippen LogP contribution in [0.5, 0.6) is 17.2 Å². The number of rotatable bonds is 7. The molecule has 27 heavy (non-hydrogen) atoms. The molecule has 0 atom stereocenters. The molecule has 0 aliphatic heterocycles. The first-order valence-corrected chi connectivity index (χ1v) is 8.77. The zero-order valence-corrected chi connectivity index (χ0v) is 15.1. The van der Waals surface area contributed by atoms with E-state index in [0.29, 0.717) is 30.3 Å². The molecule has 0 aliphatic rings. The van der Waals surface area contributed by atoms with Gasteiger partial charge in [-0.15, -0.1) is 0 Å². The molecule has 0 aromatic heterocycles. The largest absolute Gasteiger partial charge is 0.491 e. The Morgan fingerprint density at radius 1 is 0.852 bits per heavy atom. The summed E-state index contributed by atoms with van der Waals surface area (Å²) in [6, 6.07) is 24.2. The molecule has 0 saturated carbocycles. The molecule has 0 fully saturated rings. The van der Waals surface area contributed by atoms with Gasteiger partial charge in [-0.1, -0.05) is 48.5 Å². The van der Waals surface area contributed by atoms with Crippen molar-refractivity contribution in [3.05, 3.63) is 84.4 Å². The van der Waals surface area contributed by atoms with Crippen LogP contribution in [0.25, 0.3) is 0 Å². The standard InChI is InChI=1S/C22H22N2O3/c1-17-9-5-7-13-20(17)26-16-15-23-22(25)24-19-12-6-8-14-21(19)27-18-10-3-2-4-11-18/h2-14H,15-16H2,1H3,(H2,23,24,25). The van der Waals surface area contributed by atoms with Gasteiger partial charge in [-0.25, -0.2) is 4.79 Å². The van der Waals surface area contributed by atoms with E-state index in [1.165, 1.54) is 0 Å². The van der Waals surface area contributed by atoms with Crippen molar-refractivity contribution < 1.29 is 14.3 Å². The minimum atomic E-state index is -0.313. The molecule has 3 rings (SSSR count). The molecule has 0 spiro atoms. The lowest BCUT2D eigenvalue weighted by atomic mass is 10.2. The van der Waals surface area contributed by atoms with Gasteiger partial charge in [0.25, 0.3) is 0 Å². The average Bonchev–Trinajstić information content (AvgIpc) is 2.69. The highest BCUT2D eigenvalue weighted by Crippen LogP contribution is 2.28. The van der Waals surface area contributed by atoms with E-state index < -0.39 is 0 Å². The van der Waals surface area contributed by atoms with Gasteiger partial charge in [-0.2, -0.15) is 0 Å². The van der Waals surface area contributed by atoms with Crippen LogP contribution in [0.3, 0.4) is 0 Å². The molecule has 0 unspecified atom stereocenters. The molecule has 3 aromatic carbocycles. The van der Waals surface area contributed by atoms with Crippen LogP contribution in [-0.4, -0.2) is 19.2 Å². The Bertz CT molecular complexity index is 881. The fourth-order valence-corrected chi connectivity index (χ4v) is 2.48. The Kier molecular flexibility index (Phi) is 6.30. The fourth-order valence-electron chi connectivity index (χ4n) is 2.48. The summed E-state index contributed by atoms with van der Waals surface area (Å²) >= 11 is 0. The van der Waals surface area contributed by atoms with Gasteiger partial charge in [0.2, 0.25) is 0 Å². The van der Waals surface area contributed by atoms with Crippen molar-refractivity contribution >= 4 is 11.7 Å². The second-order valence-electron chi connectivity index (χ2n) is 5.91. The van der Waals surface area contributed by atoms with Crippen LogP contribution in [0.1, 0.15) is 5.56 Å². The Labute approximate surface area is 158 Å². The lowest BCUT2D eigenvalue weighted by Gasteiger charge is -2.13. The number of nitrogens with one attached hydrogen (secondary N) is 2. The molecule has 0 saturated heterocycles. The third kappa shape index (κ3) is 5.51. The van der Waals surface area contributed by atoms with Crippen LogP contribution in [-0.2, 0) is 0 Å². The SMILES string of the molecule is Cc1ccccc1OCCNC(=O)Nc1ccccc1Oc1ccccc1. The van der Waals surface area contributed by atoms with E-state index in [1.54, 1.807) is 6.07 Å². The summed E-state index contributed by atoms with van der Waals surface area (Å²) in [4.78, 5) is 12.2. The monoisotopic (exact) mass is 362 g/mol. The van der Waals surface area contributed by atoms with Crippen molar-refractivity contribution in [2.75, 3.05) is 18.5 Å². The highest BCUT2D eigenvalue weighted by atomic mass is 16.5. The first kappa shape index (κ1) is 18.3. The van der Waals surface area contributed by atoms with Crippen molar-refractivity contribution in [3.8, 4) is 17.2 Å². The number of aryl methyl sites for hydroxylation is 1. The normalized spacial score (nSPS) is 10.1. The summed E-state index contributed by atoms with van der Waals surface area (Å²) in [5, 5.41) is 5.59. The zero-order chi connectivity index (χ0) is 18.9. The highest BCUT2D eigenvalue weighted by Gasteiger charge is 2.08. The molecule has 2 amide bonds.